The lowest BCUT2D eigenvalue weighted by atomic mass is 10.1. The van der Waals surface area contributed by atoms with Gasteiger partial charge in [0.25, 0.3) is 0 Å². The van der Waals surface area contributed by atoms with Crippen molar-refractivity contribution >= 4 is 30.1 Å². The Labute approximate surface area is 98.8 Å². The molecule has 0 saturated carbocycles. The molecule has 1 aliphatic heterocycles. The molecule has 0 aromatic heterocycles. The number of nitrogens with two attached hydrogens (primary N) is 1. The molecule has 2 amide bonds. The third-order valence-electron chi connectivity index (χ3n) is 2.69. The lowest BCUT2D eigenvalue weighted by molar-refractivity contribution is -0.123. The second-order valence-corrected chi connectivity index (χ2v) is 4.34. The van der Waals surface area contributed by atoms with Crippen LogP contribution in [0.4, 0.5) is 5.69 Å². The van der Waals surface area contributed by atoms with Gasteiger partial charge in [-0.05, 0) is 24.3 Å². The number of hydrogen-bond acceptors (Lipinski definition) is 3. The van der Waals surface area contributed by atoms with Crippen molar-refractivity contribution in [1.29, 1.82) is 0 Å². The zero-order valence-electron chi connectivity index (χ0n) is 8.59. The summed E-state index contributed by atoms with van der Waals surface area (Å²) in [5.74, 6) is -0.847. The molecule has 1 aliphatic rings. The molecule has 2 rings (SSSR count). The van der Waals surface area contributed by atoms with Gasteiger partial charge in [-0.1, -0.05) is 0 Å². The molecular weight excluding hydrogens is 224 g/mol. The number of hydrogen-bond donors (Lipinski definition) is 2. The summed E-state index contributed by atoms with van der Waals surface area (Å²) in [5.41, 5.74) is 5.98. The van der Waals surface area contributed by atoms with Crippen LogP contribution in [0.15, 0.2) is 29.2 Å². The van der Waals surface area contributed by atoms with Crippen LogP contribution in [0.25, 0.3) is 0 Å². The second kappa shape index (κ2) is 4.17. The molecule has 0 spiro atoms. The number of rotatable bonds is 2. The topological polar surface area (TPSA) is 63.4 Å². The summed E-state index contributed by atoms with van der Waals surface area (Å²) in [5, 5.41) is 0. The van der Waals surface area contributed by atoms with Crippen LogP contribution in [-0.4, -0.2) is 18.4 Å². The Balaban J connectivity index is 2.20. The van der Waals surface area contributed by atoms with Crippen molar-refractivity contribution in [2.75, 3.05) is 11.4 Å². The zero-order chi connectivity index (χ0) is 11.7. The highest BCUT2D eigenvalue weighted by Gasteiger charge is 2.33. The quantitative estimate of drug-likeness (QED) is 0.746. The minimum Gasteiger partial charge on any atom is -0.369 e. The lowest BCUT2D eigenvalue weighted by Crippen LogP contribution is -2.28. The molecule has 0 aliphatic carbocycles. The fourth-order valence-electron chi connectivity index (χ4n) is 1.78. The highest BCUT2D eigenvalue weighted by atomic mass is 32.1. The third kappa shape index (κ3) is 2.04. The second-order valence-electron chi connectivity index (χ2n) is 3.82. The fourth-order valence-corrected chi connectivity index (χ4v) is 1.93. The van der Waals surface area contributed by atoms with E-state index in [2.05, 4.69) is 12.6 Å². The molecular formula is C11H12N2O2S. The van der Waals surface area contributed by atoms with Gasteiger partial charge >= 0.3 is 0 Å². The van der Waals surface area contributed by atoms with Crippen molar-refractivity contribution in [2.24, 2.45) is 11.7 Å². The number of primary amides is 1. The van der Waals surface area contributed by atoms with E-state index >= 15 is 0 Å². The number of nitrogens with zero attached hydrogens (tertiary/aromatic N) is 1. The van der Waals surface area contributed by atoms with Crippen molar-refractivity contribution in [1.82, 2.24) is 0 Å². The zero-order valence-corrected chi connectivity index (χ0v) is 9.48. The van der Waals surface area contributed by atoms with Gasteiger partial charge in [-0.25, -0.2) is 0 Å². The Morgan fingerprint density at radius 1 is 1.38 bits per heavy atom. The van der Waals surface area contributed by atoms with Crippen molar-refractivity contribution < 1.29 is 9.59 Å². The average Bonchev–Trinajstić information content (AvgIpc) is 2.62. The van der Waals surface area contributed by atoms with Crippen molar-refractivity contribution in [2.45, 2.75) is 11.3 Å². The number of anilines is 1. The first-order chi connectivity index (χ1) is 7.58. The molecule has 1 atom stereocenters. The van der Waals surface area contributed by atoms with Gasteiger partial charge in [-0.15, -0.1) is 12.6 Å². The van der Waals surface area contributed by atoms with E-state index in [9.17, 15) is 9.59 Å². The number of carbonyl (C=O) groups excluding carboxylic acids is 2. The van der Waals surface area contributed by atoms with Gasteiger partial charge in [0, 0.05) is 23.5 Å². The molecule has 1 aromatic carbocycles. The maximum Gasteiger partial charge on any atom is 0.227 e. The Morgan fingerprint density at radius 2 is 2.00 bits per heavy atom. The van der Waals surface area contributed by atoms with Crippen LogP contribution in [0.3, 0.4) is 0 Å². The Hall–Kier alpha value is -1.49. The maximum absolute atomic E-state index is 11.7. The molecule has 1 heterocycles. The van der Waals surface area contributed by atoms with Crippen molar-refractivity contribution in [3.05, 3.63) is 24.3 Å². The summed E-state index contributed by atoms with van der Waals surface area (Å²) in [6.07, 6.45) is 0.206. The van der Waals surface area contributed by atoms with Crippen LogP contribution >= 0.6 is 12.6 Å². The minimum absolute atomic E-state index is 0.0595. The molecule has 0 radical (unpaired) electrons. The normalized spacial score (nSPS) is 20.2. The number of thiol groups is 1. The van der Waals surface area contributed by atoms with E-state index in [4.69, 9.17) is 5.73 Å². The minimum atomic E-state index is -0.415. The first kappa shape index (κ1) is 11.0. The Morgan fingerprint density at radius 3 is 2.50 bits per heavy atom. The molecule has 5 heteroatoms. The number of benzene rings is 1. The van der Waals surface area contributed by atoms with Gasteiger partial charge in [0.2, 0.25) is 11.8 Å². The molecule has 0 bridgehead atoms. The van der Waals surface area contributed by atoms with Gasteiger partial charge in [-0.2, -0.15) is 0 Å². The van der Waals surface area contributed by atoms with E-state index in [-0.39, 0.29) is 18.2 Å². The fraction of sp³-hybridized carbons (Fsp3) is 0.273. The van der Waals surface area contributed by atoms with Crippen molar-refractivity contribution in [3.8, 4) is 0 Å². The van der Waals surface area contributed by atoms with E-state index < -0.39 is 5.91 Å². The summed E-state index contributed by atoms with van der Waals surface area (Å²) < 4.78 is 0. The average molecular weight is 236 g/mol. The molecule has 4 nitrogen and oxygen atoms in total. The highest BCUT2D eigenvalue weighted by molar-refractivity contribution is 7.80. The predicted molar refractivity (Wildman–Crippen MR) is 63.3 cm³/mol. The smallest absolute Gasteiger partial charge is 0.227 e. The third-order valence-corrected chi connectivity index (χ3v) is 2.99. The van der Waals surface area contributed by atoms with Crippen LogP contribution < -0.4 is 10.6 Å². The number of amides is 2. The largest absolute Gasteiger partial charge is 0.369 e. The lowest BCUT2D eigenvalue weighted by Gasteiger charge is -2.16. The predicted octanol–water partition coefficient (Wildman–Crippen LogP) is 0.813. The SMILES string of the molecule is NC(=O)C1CC(=O)N(c2ccc(S)cc2)C1. The first-order valence-corrected chi connectivity index (χ1v) is 5.41. The monoisotopic (exact) mass is 236 g/mol. The molecule has 84 valence electrons. The number of carbonyl (C=O) groups is 2. The van der Waals surface area contributed by atoms with E-state index in [1.807, 2.05) is 24.3 Å². The summed E-state index contributed by atoms with van der Waals surface area (Å²) in [4.78, 5) is 25.1. The van der Waals surface area contributed by atoms with Crippen LogP contribution in [0, 0.1) is 5.92 Å². The highest BCUT2D eigenvalue weighted by Crippen LogP contribution is 2.25. The van der Waals surface area contributed by atoms with Crippen LogP contribution in [0.1, 0.15) is 6.42 Å². The van der Waals surface area contributed by atoms with Crippen molar-refractivity contribution in [3.63, 3.8) is 0 Å². The Bertz CT molecular complexity index is 430. The van der Waals surface area contributed by atoms with Gasteiger partial charge in [0.15, 0.2) is 0 Å². The Kier molecular flexibility index (Phi) is 2.87. The molecule has 2 N–H and O–H groups in total. The molecule has 1 unspecified atom stereocenters. The molecule has 16 heavy (non-hydrogen) atoms. The van der Waals surface area contributed by atoms with Crippen LogP contribution in [0.5, 0.6) is 0 Å². The molecule has 1 saturated heterocycles. The van der Waals surface area contributed by atoms with E-state index in [1.54, 1.807) is 4.90 Å². The summed E-state index contributed by atoms with van der Waals surface area (Å²) in [6.45, 7) is 0.375. The molecule has 1 fully saturated rings. The van der Waals surface area contributed by atoms with E-state index in [1.165, 1.54) is 0 Å². The first-order valence-electron chi connectivity index (χ1n) is 4.96. The van der Waals surface area contributed by atoms with Gasteiger partial charge in [-0.3, -0.25) is 9.59 Å². The van der Waals surface area contributed by atoms with E-state index in [0.29, 0.717) is 6.54 Å². The maximum atomic E-state index is 11.7. The van der Waals surface area contributed by atoms with Gasteiger partial charge in [0.1, 0.15) is 0 Å². The van der Waals surface area contributed by atoms with Gasteiger partial charge in [0.05, 0.1) is 5.92 Å². The summed E-state index contributed by atoms with van der Waals surface area (Å²) in [7, 11) is 0. The van der Waals surface area contributed by atoms with E-state index in [0.717, 1.165) is 10.6 Å². The van der Waals surface area contributed by atoms with Crippen LogP contribution in [0.2, 0.25) is 0 Å². The molecule has 1 aromatic rings. The summed E-state index contributed by atoms with van der Waals surface area (Å²) in [6, 6.07) is 7.24. The van der Waals surface area contributed by atoms with Crippen LogP contribution in [-0.2, 0) is 9.59 Å². The standard InChI is InChI=1S/C11H12N2O2S/c12-11(15)7-5-10(14)13(6-7)8-1-3-9(16)4-2-8/h1-4,7,16H,5-6H2,(H2,12,15). The summed E-state index contributed by atoms with van der Waals surface area (Å²) >= 11 is 4.17. The van der Waals surface area contributed by atoms with Gasteiger partial charge < -0.3 is 10.6 Å².